The van der Waals surface area contributed by atoms with E-state index in [9.17, 15) is 4.79 Å². The van der Waals surface area contributed by atoms with E-state index >= 15 is 0 Å². The molecule has 0 aliphatic heterocycles. The van der Waals surface area contributed by atoms with Crippen molar-refractivity contribution in [2.45, 2.75) is 20.3 Å². The van der Waals surface area contributed by atoms with Gasteiger partial charge >= 0.3 is 5.97 Å². The molecule has 0 spiro atoms. The molecule has 0 saturated heterocycles. The van der Waals surface area contributed by atoms with E-state index in [1.165, 1.54) is 5.56 Å². The van der Waals surface area contributed by atoms with Crippen molar-refractivity contribution in [3.8, 4) is 0 Å². The lowest BCUT2D eigenvalue weighted by Crippen LogP contribution is -2.04. The van der Waals surface area contributed by atoms with Crippen molar-refractivity contribution in [3.05, 3.63) is 82.9 Å². The summed E-state index contributed by atoms with van der Waals surface area (Å²) >= 11 is 0. The Bertz CT molecular complexity index is 680. The summed E-state index contributed by atoms with van der Waals surface area (Å²) in [6.07, 6.45) is 6.28. The number of hydrogen-bond acceptors (Lipinski definition) is 2. The molecule has 0 unspecified atom stereocenters. The van der Waals surface area contributed by atoms with Crippen LogP contribution in [0.2, 0.25) is 0 Å². The average molecular weight is 306 g/mol. The molecule has 23 heavy (non-hydrogen) atoms. The maximum absolute atomic E-state index is 11.8. The Labute approximate surface area is 138 Å². The van der Waals surface area contributed by atoms with Gasteiger partial charge in [-0.1, -0.05) is 78.4 Å². The van der Waals surface area contributed by atoms with Crippen LogP contribution in [-0.4, -0.2) is 12.6 Å². The van der Waals surface area contributed by atoms with Crippen LogP contribution in [0.5, 0.6) is 0 Å². The van der Waals surface area contributed by atoms with Crippen molar-refractivity contribution in [1.29, 1.82) is 0 Å². The van der Waals surface area contributed by atoms with Gasteiger partial charge in [0.25, 0.3) is 0 Å². The van der Waals surface area contributed by atoms with E-state index in [0.717, 1.165) is 16.7 Å². The largest absolute Gasteiger partial charge is 0.466 e. The SMILES string of the molecule is CCOC(=O)CC(/C=C/c1ccccc1)=C\c1ccc(C)cc1. The zero-order valence-corrected chi connectivity index (χ0v) is 13.7. The fraction of sp³-hybridized carbons (Fsp3) is 0.190. The van der Waals surface area contributed by atoms with Crippen LogP contribution in [0.4, 0.5) is 0 Å². The van der Waals surface area contributed by atoms with Crippen LogP contribution < -0.4 is 0 Å². The second-order valence-corrected chi connectivity index (χ2v) is 5.36. The predicted octanol–water partition coefficient (Wildman–Crippen LogP) is 5.05. The van der Waals surface area contributed by atoms with Gasteiger partial charge in [0.2, 0.25) is 0 Å². The number of esters is 1. The second-order valence-electron chi connectivity index (χ2n) is 5.36. The Hall–Kier alpha value is -2.61. The first kappa shape index (κ1) is 16.8. The summed E-state index contributed by atoms with van der Waals surface area (Å²) < 4.78 is 5.07. The molecule has 0 bridgehead atoms. The van der Waals surface area contributed by atoms with Crippen LogP contribution in [0.25, 0.3) is 12.2 Å². The van der Waals surface area contributed by atoms with Gasteiger partial charge < -0.3 is 4.74 Å². The first-order valence-electron chi connectivity index (χ1n) is 7.83. The third-order valence-electron chi connectivity index (χ3n) is 3.37. The summed E-state index contributed by atoms with van der Waals surface area (Å²) in [5.74, 6) is -0.205. The summed E-state index contributed by atoms with van der Waals surface area (Å²) in [6, 6.07) is 18.3. The Morgan fingerprint density at radius 2 is 1.70 bits per heavy atom. The molecule has 2 nitrogen and oxygen atoms in total. The van der Waals surface area contributed by atoms with Gasteiger partial charge in [-0.2, -0.15) is 0 Å². The number of carbonyl (C=O) groups is 1. The molecule has 0 fully saturated rings. The topological polar surface area (TPSA) is 26.3 Å². The first-order chi connectivity index (χ1) is 11.2. The normalized spacial score (nSPS) is 11.7. The molecule has 0 heterocycles. The number of aryl methyl sites for hydroxylation is 1. The van der Waals surface area contributed by atoms with Crippen molar-refractivity contribution in [3.63, 3.8) is 0 Å². The van der Waals surface area contributed by atoms with Gasteiger partial charge in [0.1, 0.15) is 0 Å². The minimum atomic E-state index is -0.205. The van der Waals surface area contributed by atoms with Crippen molar-refractivity contribution >= 4 is 18.1 Å². The van der Waals surface area contributed by atoms with Gasteiger partial charge in [-0.25, -0.2) is 0 Å². The monoisotopic (exact) mass is 306 g/mol. The fourth-order valence-corrected chi connectivity index (χ4v) is 2.18. The van der Waals surface area contributed by atoms with E-state index in [2.05, 4.69) is 31.2 Å². The molecule has 0 radical (unpaired) electrons. The lowest BCUT2D eigenvalue weighted by atomic mass is 10.1. The predicted molar refractivity (Wildman–Crippen MR) is 95.9 cm³/mol. The maximum Gasteiger partial charge on any atom is 0.310 e. The third kappa shape index (κ3) is 5.95. The maximum atomic E-state index is 11.8. The molecule has 2 rings (SSSR count). The zero-order valence-electron chi connectivity index (χ0n) is 13.7. The van der Waals surface area contributed by atoms with Crippen LogP contribution in [0.3, 0.4) is 0 Å². The Morgan fingerprint density at radius 3 is 2.35 bits per heavy atom. The standard InChI is InChI=1S/C21H22O2/c1-3-23-21(22)16-20(14-13-18-7-5-4-6-8-18)15-19-11-9-17(2)10-12-19/h4-15H,3,16H2,1-2H3/b14-13+,20-15-. The Balaban J connectivity index is 2.22. The molecule has 2 aromatic rings. The molecule has 0 N–H and O–H groups in total. The van der Waals surface area contributed by atoms with Gasteiger partial charge in [-0.15, -0.1) is 0 Å². The average Bonchev–Trinajstić information content (AvgIpc) is 2.56. The van der Waals surface area contributed by atoms with E-state index in [1.807, 2.05) is 55.5 Å². The number of allylic oxidation sites excluding steroid dienone is 1. The van der Waals surface area contributed by atoms with Gasteiger partial charge in [0.15, 0.2) is 0 Å². The van der Waals surface area contributed by atoms with Crippen LogP contribution in [0.1, 0.15) is 30.0 Å². The fourth-order valence-electron chi connectivity index (χ4n) is 2.18. The molecule has 0 amide bonds. The highest BCUT2D eigenvalue weighted by atomic mass is 16.5. The highest BCUT2D eigenvalue weighted by Gasteiger charge is 2.05. The van der Waals surface area contributed by atoms with Crippen LogP contribution in [-0.2, 0) is 9.53 Å². The number of ether oxygens (including phenoxy) is 1. The highest BCUT2D eigenvalue weighted by molar-refractivity contribution is 5.77. The quantitative estimate of drug-likeness (QED) is 0.552. The highest BCUT2D eigenvalue weighted by Crippen LogP contribution is 2.15. The van der Waals surface area contributed by atoms with E-state index in [1.54, 1.807) is 0 Å². The van der Waals surface area contributed by atoms with Crippen molar-refractivity contribution in [2.24, 2.45) is 0 Å². The Kier molecular flexibility index (Phi) is 6.37. The minimum absolute atomic E-state index is 0.205. The molecule has 0 aliphatic carbocycles. The molecular weight excluding hydrogens is 284 g/mol. The number of hydrogen-bond donors (Lipinski definition) is 0. The smallest absolute Gasteiger partial charge is 0.310 e. The third-order valence-corrected chi connectivity index (χ3v) is 3.37. The molecular formula is C21H22O2. The van der Waals surface area contributed by atoms with Crippen molar-refractivity contribution < 1.29 is 9.53 Å². The first-order valence-corrected chi connectivity index (χ1v) is 7.83. The summed E-state index contributed by atoms with van der Waals surface area (Å²) in [6.45, 7) is 4.28. The molecule has 0 aliphatic rings. The van der Waals surface area contributed by atoms with Gasteiger partial charge in [-0.3, -0.25) is 4.79 Å². The minimum Gasteiger partial charge on any atom is -0.466 e. The van der Waals surface area contributed by atoms with Gasteiger partial charge in [-0.05, 0) is 30.5 Å². The lowest BCUT2D eigenvalue weighted by molar-refractivity contribution is -0.142. The van der Waals surface area contributed by atoms with Gasteiger partial charge in [0, 0.05) is 0 Å². The molecule has 2 aromatic carbocycles. The summed E-state index contributed by atoms with van der Waals surface area (Å²) in [5, 5.41) is 0. The molecule has 2 heteroatoms. The lowest BCUT2D eigenvalue weighted by Gasteiger charge is -2.04. The molecule has 0 saturated carbocycles. The number of rotatable bonds is 6. The van der Waals surface area contributed by atoms with E-state index in [0.29, 0.717) is 6.61 Å². The molecule has 0 atom stereocenters. The molecule has 0 aromatic heterocycles. The zero-order chi connectivity index (χ0) is 16.5. The van der Waals surface area contributed by atoms with Crippen molar-refractivity contribution in [1.82, 2.24) is 0 Å². The van der Waals surface area contributed by atoms with Crippen LogP contribution in [0.15, 0.2) is 66.2 Å². The van der Waals surface area contributed by atoms with E-state index in [-0.39, 0.29) is 12.4 Å². The van der Waals surface area contributed by atoms with Crippen molar-refractivity contribution in [2.75, 3.05) is 6.61 Å². The molecule has 118 valence electrons. The summed E-state index contributed by atoms with van der Waals surface area (Å²) in [5.41, 5.74) is 4.32. The van der Waals surface area contributed by atoms with Crippen LogP contribution in [0, 0.1) is 6.92 Å². The van der Waals surface area contributed by atoms with Gasteiger partial charge in [0.05, 0.1) is 13.0 Å². The summed E-state index contributed by atoms with van der Waals surface area (Å²) in [7, 11) is 0. The second kappa shape index (κ2) is 8.74. The number of benzene rings is 2. The van der Waals surface area contributed by atoms with Crippen LogP contribution >= 0.6 is 0 Å². The summed E-state index contributed by atoms with van der Waals surface area (Å²) in [4.78, 5) is 11.8. The van der Waals surface area contributed by atoms with E-state index < -0.39 is 0 Å². The van der Waals surface area contributed by atoms with E-state index in [4.69, 9.17) is 4.74 Å². The Morgan fingerprint density at radius 1 is 1.00 bits per heavy atom. The number of carbonyl (C=O) groups excluding carboxylic acids is 1.